The Bertz CT molecular complexity index is 662. The van der Waals surface area contributed by atoms with Crippen molar-refractivity contribution < 1.29 is 21.8 Å². The van der Waals surface area contributed by atoms with Crippen LogP contribution in [0.5, 0.6) is 5.75 Å². The minimum Gasteiger partial charge on any atom is -0.495 e. The molecule has 20 heavy (non-hydrogen) atoms. The Labute approximate surface area is 125 Å². The summed E-state index contributed by atoms with van der Waals surface area (Å²) >= 11 is 3.35. The van der Waals surface area contributed by atoms with E-state index in [4.69, 9.17) is 4.74 Å². The van der Waals surface area contributed by atoms with Crippen LogP contribution in [-0.4, -0.2) is 33.2 Å². The largest absolute Gasteiger partial charge is 0.495 e. The van der Waals surface area contributed by atoms with Gasteiger partial charge in [0.05, 0.1) is 12.8 Å². The predicted octanol–water partition coefficient (Wildman–Crippen LogP) is 2.17. The van der Waals surface area contributed by atoms with Crippen molar-refractivity contribution in [2.24, 2.45) is 0 Å². The molecule has 1 saturated heterocycles. The van der Waals surface area contributed by atoms with Crippen LogP contribution in [0.15, 0.2) is 16.6 Å². The summed E-state index contributed by atoms with van der Waals surface area (Å²) in [6, 6.07) is 3.39. The van der Waals surface area contributed by atoms with Crippen LogP contribution in [-0.2, 0) is 15.0 Å². The molecule has 0 bridgehead atoms. The molecule has 0 spiro atoms. The number of hydrogen-bond donors (Lipinski definition) is 0. The van der Waals surface area contributed by atoms with Gasteiger partial charge in [-0.1, -0.05) is 15.9 Å². The molecular weight excluding hydrogens is 353 g/mol. The van der Waals surface area contributed by atoms with E-state index in [9.17, 15) is 17.1 Å². The fourth-order valence-corrected chi connectivity index (χ4v) is 3.11. The zero-order chi connectivity index (χ0) is 15.1. The number of ether oxygens (including phenoxy) is 1. The predicted molar refractivity (Wildman–Crippen MR) is 76.2 cm³/mol. The number of nitrogens with zero attached hydrogens (tertiary/aromatic N) is 1. The summed E-state index contributed by atoms with van der Waals surface area (Å²) in [5, 5.41) is -1.32. The van der Waals surface area contributed by atoms with Gasteiger partial charge in [-0.3, -0.25) is 4.79 Å². The van der Waals surface area contributed by atoms with E-state index >= 15 is 0 Å². The second-order valence-electron chi connectivity index (χ2n) is 4.58. The van der Waals surface area contributed by atoms with Crippen LogP contribution in [0.4, 0.5) is 9.57 Å². The van der Waals surface area contributed by atoms with Gasteiger partial charge in [-0.25, -0.2) is 0 Å². The van der Waals surface area contributed by atoms with Crippen molar-refractivity contribution in [2.75, 3.05) is 18.6 Å². The van der Waals surface area contributed by atoms with E-state index in [0.717, 1.165) is 10.0 Å². The van der Waals surface area contributed by atoms with Crippen molar-refractivity contribution >= 4 is 37.7 Å². The molecule has 110 valence electrons. The Balaban J connectivity index is 2.42. The molecule has 1 heterocycles. The topological polar surface area (TPSA) is 63.7 Å². The van der Waals surface area contributed by atoms with Crippen LogP contribution in [0.1, 0.15) is 12.0 Å². The summed E-state index contributed by atoms with van der Waals surface area (Å²) < 4.78 is 40.9. The van der Waals surface area contributed by atoms with Crippen LogP contribution in [0.2, 0.25) is 0 Å². The first kappa shape index (κ1) is 15.2. The van der Waals surface area contributed by atoms with Gasteiger partial charge in [-0.15, -0.1) is 3.89 Å². The standard InChI is InChI=1S/C12H13BrFNO4S/c1-7-3-10(11(19-2)5-9(7)13)15-6-8(4-12(15)16)20(14,17)18/h3,5,8H,4,6H2,1-2H3. The van der Waals surface area contributed by atoms with E-state index in [-0.39, 0.29) is 13.0 Å². The third-order valence-electron chi connectivity index (χ3n) is 3.24. The first-order valence-electron chi connectivity index (χ1n) is 5.82. The number of amides is 1. The molecule has 0 aromatic heterocycles. The van der Waals surface area contributed by atoms with E-state index < -0.39 is 21.4 Å². The Morgan fingerprint density at radius 2 is 2.10 bits per heavy atom. The monoisotopic (exact) mass is 365 g/mol. The zero-order valence-corrected chi connectivity index (χ0v) is 13.3. The Morgan fingerprint density at radius 1 is 1.45 bits per heavy atom. The van der Waals surface area contributed by atoms with Gasteiger partial charge in [0.2, 0.25) is 5.91 Å². The minimum atomic E-state index is -4.73. The smallest absolute Gasteiger partial charge is 0.307 e. The number of methoxy groups -OCH3 is 1. The average molecular weight is 366 g/mol. The van der Waals surface area contributed by atoms with Crippen LogP contribution >= 0.6 is 15.9 Å². The van der Waals surface area contributed by atoms with Crippen LogP contribution < -0.4 is 9.64 Å². The maximum Gasteiger partial charge on any atom is 0.307 e. The molecule has 0 aliphatic carbocycles. The number of carbonyl (C=O) groups excluding carboxylic acids is 1. The first-order valence-corrected chi connectivity index (χ1v) is 8.06. The molecule has 1 atom stereocenters. The number of rotatable bonds is 3. The maximum absolute atomic E-state index is 13.0. The highest BCUT2D eigenvalue weighted by molar-refractivity contribution is 9.10. The molecule has 1 fully saturated rings. The number of halogens is 2. The molecule has 0 radical (unpaired) electrons. The van der Waals surface area contributed by atoms with Gasteiger partial charge in [-0.05, 0) is 24.6 Å². The van der Waals surface area contributed by atoms with Crippen LogP contribution in [0.3, 0.4) is 0 Å². The fourth-order valence-electron chi connectivity index (χ4n) is 2.12. The first-order chi connectivity index (χ1) is 9.24. The van der Waals surface area contributed by atoms with Crippen molar-refractivity contribution in [1.29, 1.82) is 0 Å². The molecule has 1 unspecified atom stereocenters. The summed E-state index contributed by atoms with van der Waals surface area (Å²) in [5.74, 6) is -0.0102. The van der Waals surface area contributed by atoms with Crippen molar-refractivity contribution in [2.45, 2.75) is 18.6 Å². The molecule has 5 nitrogen and oxygen atoms in total. The molecule has 1 aliphatic heterocycles. The van der Waals surface area contributed by atoms with Gasteiger partial charge in [0.1, 0.15) is 11.0 Å². The second-order valence-corrected chi connectivity index (χ2v) is 7.05. The molecule has 1 aliphatic rings. The quantitative estimate of drug-likeness (QED) is 0.770. The van der Waals surface area contributed by atoms with Gasteiger partial charge in [0.15, 0.2) is 0 Å². The Kier molecular flexibility index (Phi) is 4.06. The van der Waals surface area contributed by atoms with Crippen LogP contribution in [0.25, 0.3) is 0 Å². The SMILES string of the molecule is COc1cc(Br)c(C)cc1N1CC(S(=O)(=O)F)CC1=O. The van der Waals surface area contributed by atoms with Crippen molar-refractivity contribution in [3.63, 3.8) is 0 Å². The number of benzene rings is 1. The van der Waals surface area contributed by atoms with Gasteiger partial charge in [0.25, 0.3) is 0 Å². The van der Waals surface area contributed by atoms with E-state index in [1.165, 1.54) is 12.0 Å². The van der Waals surface area contributed by atoms with Gasteiger partial charge in [0, 0.05) is 17.4 Å². The number of hydrogen-bond acceptors (Lipinski definition) is 4. The molecule has 0 saturated carbocycles. The lowest BCUT2D eigenvalue weighted by Crippen LogP contribution is -2.27. The third kappa shape index (κ3) is 2.80. The summed E-state index contributed by atoms with van der Waals surface area (Å²) in [7, 11) is -3.28. The van der Waals surface area contributed by atoms with Crippen molar-refractivity contribution in [3.05, 3.63) is 22.2 Å². The molecule has 1 amide bonds. The lowest BCUT2D eigenvalue weighted by Gasteiger charge is -2.20. The second kappa shape index (κ2) is 5.33. The molecule has 1 aromatic rings. The maximum atomic E-state index is 13.0. The van der Waals surface area contributed by atoms with Gasteiger partial charge in [-0.2, -0.15) is 8.42 Å². The highest BCUT2D eigenvalue weighted by Crippen LogP contribution is 2.37. The highest BCUT2D eigenvalue weighted by Gasteiger charge is 2.40. The molecule has 2 rings (SSSR count). The summed E-state index contributed by atoms with van der Waals surface area (Å²) in [4.78, 5) is 13.2. The fraction of sp³-hybridized carbons (Fsp3) is 0.417. The normalized spacial score (nSPS) is 19.5. The Hall–Kier alpha value is -1.15. The summed E-state index contributed by atoms with van der Waals surface area (Å²) in [5.41, 5.74) is 1.31. The average Bonchev–Trinajstić information content (AvgIpc) is 2.74. The molecule has 1 aromatic carbocycles. The van der Waals surface area contributed by atoms with E-state index in [2.05, 4.69) is 15.9 Å². The lowest BCUT2D eigenvalue weighted by molar-refractivity contribution is -0.117. The van der Waals surface area contributed by atoms with E-state index in [1.54, 1.807) is 12.1 Å². The van der Waals surface area contributed by atoms with Gasteiger partial charge >= 0.3 is 10.2 Å². The summed E-state index contributed by atoms with van der Waals surface area (Å²) in [6.45, 7) is 1.63. The van der Waals surface area contributed by atoms with Crippen molar-refractivity contribution in [3.8, 4) is 5.75 Å². The summed E-state index contributed by atoms with van der Waals surface area (Å²) in [6.07, 6.45) is -0.350. The molecule has 0 N–H and O–H groups in total. The lowest BCUT2D eigenvalue weighted by atomic mass is 10.2. The number of anilines is 1. The van der Waals surface area contributed by atoms with E-state index in [1.807, 2.05) is 6.92 Å². The molecule has 8 heteroatoms. The van der Waals surface area contributed by atoms with Crippen LogP contribution in [0, 0.1) is 6.92 Å². The van der Waals surface area contributed by atoms with E-state index in [0.29, 0.717) is 11.4 Å². The zero-order valence-electron chi connectivity index (χ0n) is 10.9. The third-order valence-corrected chi connectivity index (χ3v) is 5.21. The van der Waals surface area contributed by atoms with Crippen molar-refractivity contribution in [1.82, 2.24) is 0 Å². The van der Waals surface area contributed by atoms with Gasteiger partial charge < -0.3 is 9.64 Å². The Morgan fingerprint density at radius 3 is 2.60 bits per heavy atom. The highest BCUT2D eigenvalue weighted by atomic mass is 79.9. The number of carbonyl (C=O) groups is 1. The minimum absolute atomic E-state index is 0.199. The number of aryl methyl sites for hydroxylation is 1. The molecular formula is C12H13BrFNO4S.